The lowest BCUT2D eigenvalue weighted by Crippen LogP contribution is -1.98. The van der Waals surface area contributed by atoms with E-state index in [-0.39, 0.29) is 5.95 Å². The number of nitrogen functional groups attached to an aromatic ring is 1. The van der Waals surface area contributed by atoms with Gasteiger partial charge in [-0.1, -0.05) is 19.4 Å². The molecule has 0 aliphatic carbocycles. The van der Waals surface area contributed by atoms with Gasteiger partial charge in [0.05, 0.1) is 6.61 Å². The summed E-state index contributed by atoms with van der Waals surface area (Å²) in [7, 11) is 0. The first-order chi connectivity index (χ1) is 8.78. The van der Waals surface area contributed by atoms with Crippen LogP contribution >= 0.6 is 0 Å². The number of unbranched alkanes of at least 4 members (excludes halogenated alkanes) is 1. The van der Waals surface area contributed by atoms with Crippen molar-refractivity contribution in [2.75, 3.05) is 17.7 Å². The summed E-state index contributed by atoms with van der Waals surface area (Å²) < 4.78 is 5.62. The van der Waals surface area contributed by atoms with Crippen molar-refractivity contribution >= 4 is 17.6 Å². The maximum Gasteiger partial charge on any atom is 0.241 e. The SMILES string of the molecule is CCCCOc1cccc(Nc2nc(N)n[nH]2)c1. The summed E-state index contributed by atoms with van der Waals surface area (Å²) in [5.74, 6) is 1.56. The molecular formula is C12H17N5O. The Morgan fingerprint density at radius 2 is 2.33 bits per heavy atom. The van der Waals surface area contributed by atoms with E-state index in [4.69, 9.17) is 10.5 Å². The van der Waals surface area contributed by atoms with Crippen molar-refractivity contribution in [3.05, 3.63) is 24.3 Å². The molecule has 0 bridgehead atoms. The molecule has 0 unspecified atom stereocenters. The molecule has 0 saturated carbocycles. The minimum absolute atomic E-state index is 0.216. The summed E-state index contributed by atoms with van der Waals surface area (Å²) in [6.45, 7) is 2.87. The Bertz CT molecular complexity index is 497. The fraction of sp³-hybridized carbons (Fsp3) is 0.333. The van der Waals surface area contributed by atoms with Gasteiger partial charge >= 0.3 is 0 Å². The van der Waals surface area contributed by atoms with Gasteiger partial charge in [0, 0.05) is 11.8 Å². The number of nitrogens with one attached hydrogen (secondary N) is 2. The molecule has 2 aromatic rings. The molecule has 6 heteroatoms. The monoisotopic (exact) mass is 247 g/mol. The molecule has 0 amide bonds. The van der Waals surface area contributed by atoms with E-state index in [0.717, 1.165) is 30.9 Å². The third kappa shape index (κ3) is 3.38. The number of H-pyrrole nitrogens is 1. The minimum atomic E-state index is 0.216. The average Bonchev–Trinajstić information content (AvgIpc) is 2.76. The number of aromatic nitrogens is 3. The minimum Gasteiger partial charge on any atom is -0.494 e. The molecule has 18 heavy (non-hydrogen) atoms. The van der Waals surface area contributed by atoms with Crippen molar-refractivity contribution in [2.24, 2.45) is 0 Å². The number of hydrogen-bond donors (Lipinski definition) is 3. The molecule has 0 saturated heterocycles. The van der Waals surface area contributed by atoms with Crippen molar-refractivity contribution in [1.29, 1.82) is 0 Å². The molecule has 1 aromatic carbocycles. The molecule has 0 aliphatic rings. The first kappa shape index (κ1) is 12.2. The van der Waals surface area contributed by atoms with Crippen LogP contribution < -0.4 is 15.8 Å². The molecule has 0 aliphatic heterocycles. The van der Waals surface area contributed by atoms with E-state index in [1.54, 1.807) is 0 Å². The van der Waals surface area contributed by atoms with Crippen LogP contribution in [-0.4, -0.2) is 21.8 Å². The fourth-order valence-electron chi connectivity index (χ4n) is 1.47. The van der Waals surface area contributed by atoms with Crippen LogP contribution in [0.25, 0.3) is 0 Å². The number of benzene rings is 1. The van der Waals surface area contributed by atoms with Crippen molar-refractivity contribution < 1.29 is 4.74 Å². The van der Waals surface area contributed by atoms with Gasteiger partial charge in [-0.05, 0) is 18.6 Å². The first-order valence-electron chi connectivity index (χ1n) is 5.95. The highest BCUT2D eigenvalue weighted by atomic mass is 16.5. The van der Waals surface area contributed by atoms with Crippen LogP contribution in [0.5, 0.6) is 5.75 Å². The summed E-state index contributed by atoms with van der Waals surface area (Å²) in [5.41, 5.74) is 6.30. The Balaban J connectivity index is 1.98. The van der Waals surface area contributed by atoms with E-state index in [9.17, 15) is 0 Å². The molecule has 0 atom stereocenters. The van der Waals surface area contributed by atoms with Gasteiger partial charge in [0.1, 0.15) is 5.75 Å². The fourth-order valence-corrected chi connectivity index (χ4v) is 1.47. The summed E-state index contributed by atoms with van der Waals surface area (Å²) >= 11 is 0. The second kappa shape index (κ2) is 5.90. The number of aromatic amines is 1. The Morgan fingerprint density at radius 3 is 3.06 bits per heavy atom. The Kier molecular flexibility index (Phi) is 4.01. The van der Waals surface area contributed by atoms with Crippen LogP contribution in [0.15, 0.2) is 24.3 Å². The molecular weight excluding hydrogens is 230 g/mol. The zero-order valence-corrected chi connectivity index (χ0v) is 10.3. The van der Waals surface area contributed by atoms with Gasteiger partial charge in [0.25, 0.3) is 0 Å². The van der Waals surface area contributed by atoms with E-state index in [1.165, 1.54) is 0 Å². The number of nitrogens with two attached hydrogens (primary N) is 1. The van der Waals surface area contributed by atoms with Crippen LogP contribution in [0.3, 0.4) is 0 Å². The van der Waals surface area contributed by atoms with Crippen molar-refractivity contribution in [3.63, 3.8) is 0 Å². The van der Waals surface area contributed by atoms with E-state index >= 15 is 0 Å². The summed E-state index contributed by atoms with van der Waals surface area (Å²) in [5, 5.41) is 9.50. The second-order valence-electron chi connectivity index (χ2n) is 3.90. The molecule has 0 spiro atoms. The molecule has 96 valence electrons. The van der Waals surface area contributed by atoms with E-state index in [1.807, 2.05) is 24.3 Å². The Labute approximate surface area is 106 Å². The standard InChI is InChI=1S/C12H17N5O/c1-2-3-7-18-10-6-4-5-9(8-10)14-12-15-11(13)16-17-12/h4-6,8H,2-3,7H2,1H3,(H4,13,14,15,16,17). The maximum absolute atomic E-state index is 5.62. The summed E-state index contributed by atoms with van der Waals surface area (Å²) in [6, 6.07) is 7.68. The van der Waals surface area contributed by atoms with Gasteiger partial charge in [0.2, 0.25) is 11.9 Å². The van der Waals surface area contributed by atoms with Gasteiger partial charge in [0.15, 0.2) is 0 Å². The quantitative estimate of drug-likeness (QED) is 0.682. The lowest BCUT2D eigenvalue weighted by atomic mass is 10.3. The average molecular weight is 247 g/mol. The smallest absolute Gasteiger partial charge is 0.241 e. The molecule has 1 heterocycles. The highest BCUT2D eigenvalue weighted by Gasteiger charge is 2.01. The van der Waals surface area contributed by atoms with Crippen LogP contribution in [0.4, 0.5) is 17.6 Å². The summed E-state index contributed by atoms with van der Waals surface area (Å²) in [4.78, 5) is 3.97. The first-order valence-corrected chi connectivity index (χ1v) is 5.95. The third-order valence-electron chi connectivity index (χ3n) is 2.37. The second-order valence-corrected chi connectivity index (χ2v) is 3.90. The summed E-state index contributed by atoms with van der Waals surface area (Å²) in [6.07, 6.45) is 2.17. The van der Waals surface area contributed by atoms with E-state index in [0.29, 0.717) is 5.95 Å². The number of ether oxygens (including phenoxy) is 1. The van der Waals surface area contributed by atoms with Crippen LogP contribution in [0.1, 0.15) is 19.8 Å². The number of anilines is 3. The molecule has 6 nitrogen and oxygen atoms in total. The van der Waals surface area contributed by atoms with Gasteiger partial charge in [-0.25, -0.2) is 5.10 Å². The highest BCUT2D eigenvalue weighted by Crippen LogP contribution is 2.20. The predicted octanol–water partition coefficient (Wildman–Crippen LogP) is 2.31. The van der Waals surface area contributed by atoms with Gasteiger partial charge < -0.3 is 15.8 Å². The molecule has 0 radical (unpaired) electrons. The lowest BCUT2D eigenvalue weighted by Gasteiger charge is -2.07. The predicted molar refractivity (Wildman–Crippen MR) is 70.9 cm³/mol. The van der Waals surface area contributed by atoms with E-state index < -0.39 is 0 Å². The normalized spacial score (nSPS) is 10.3. The number of rotatable bonds is 6. The third-order valence-corrected chi connectivity index (χ3v) is 2.37. The highest BCUT2D eigenvalue weighted by molar-refractivity contribution is 5.56. The Morgan fingerprint density at radius 1 is 1.44 bits per heavy atom. The molecule has 4 N–H and O–H groups in total. The molecule has 1 aromatic heterocycles. The largest absolute Gasteiger partial charge is 0.494 e. The van der Waals surface area contributed by atoms with Gasteiger partial charge in [-0.2, -0.15) is 4.98 Å². The van der Waals surface area contributed by atoms with Crippen molar-refractivity contribution in [3.8, 4) is 5.75 Å². The zero-order valence-electron chi connectivity index (χ0n) is 10.3. The van der Waals surface area contributed by atoms with E-state index in [2.05, 4.69) is 27.4 Å². The molecule has 2 rings (SSSR count). The van der Waals surface area contributed by atoms with Gasteiger partial charge in [-0.3, -0.25) is 0 Å². The maximum atomic E-state index is 5.62. The van der Waals surface area contributed by atoms with Crippen LogP contribution in [0.2, 0.25) is 0 Å². The van der Waals surface area contributed by atoms with Crippen LogP contribution in [0, 0.1) is 0 Å². The lowest BCUT2D eigenvalue weighted by molar-refractivity contribution is 0.309. The number of nitrogens with zero attached hydrogens (tertiary/aromatic N) is 2. The van der Waals surface area contributed by atoms with Crippen LogP contribution in [-0.2, 0) is 0 Å². The van der Waals surface area contributed by atoms with Gasteiger partial charge in [-0.15, -0.1) is 5.10 Å². The zero-order chi connectivity index (χ0) is 12.8. The van der Waals surface area contributed by atoms with Crippen molar-refractivity contribution in [1.82, 2.24) is 15.2 Å². The molecule has 0 fully saturated rings. The Hall–Kier alpha value is -2.24. The number of hydrogen-bond acceptors (Lipinski definition) is 5. The topological polar surface area (TPSA) is 88.8 Å². The van der Waals surface area contributed by atoms with Crippen molar-refractivity contribution in [2.45, 2.75) is 19.8 Å².